The molecule has 0 bridgehead atoms. The van der Waals surface area contributed by atoms with Gasteiger partial charge in [-0.2, -0.15) is 5.10 Å². The fraction of sp³-hybridized carbons (Fsp3) is 0.500. The van der Waals surface area contributed by atoms with Gasteiger partial charge in [0.25, 0.3) is 0 Å². The standard InChI is InChI=1S/C14H19N3OS/c1-14(2)11(6-12(14)18)15-7-9-8-16-17-13(9)10-4-3-5-19-10/h3-5,8,11-12,15,18H,6-7H2,1-2H3,(H,16,17). The second-order valence-electron chi connectivity index (χ2n) is 5.75. The van der Waals surface area contributed by atoms with E-state index in [2.05, 4.69) is 40.8 Å². The van der Waals surface area contributed by atoms with Gasteiger partial charge in [0.15, 0.2) is 0 Å². The molecule has 19 heavy (non-hydrogen) atoms. The van der Waals surface area contributed by atoms with Crippen LogP contribution in [-0.4, -0.2) is 27.4 Å². The van der Waals surface area contributed by atoms with Gasteiger partial charge in [-0.05, 0) is 17.9 Å². The molecule has 1 aliphatic rings. The van der Waals surface area contributed by atoms with Crippen LogP contribution in [0.25, 0.3) is 10.6 Å². The number of H-pyrrole nitrogens is 1. The molecule has 0 radical (unpaired) electrons. The Bertz CT molecular complexity index is 547. The molecule has 3 N–H and O–H groups in total. The summed E-state index contributed by atoms with van der Waals surface area (Å²) in [6, 6.07) is 4.51. The van der Waals surface area contributed by atoms with Gasteiger partial charge in [-0.1, -0.05) is 19.9 Å². The fourth-order valence-electron chi connectivity index (χ4n) is 2.56. The van der Waals surface area contributed by atoms with E-state index in [0.29, 0.717) is 6.04 Å². The van der Waals surface area contributed by atoms with Crippen LogP contribution in [0, 0.1) is 5.41 Å². The summed E-state index contributed by atoms with van der Waals surface area (Å²) < 4.78 is 0. The second kappa shape index (κ2) is 4.74. The lowest BCUT2D eigenvalue weighted by atomic mass is 9.64. The molecule has 102 valence electrons. The van der Waals surface area contributed by atoms with Crippen LogP contribution in [0.5, 0.6) is 0 Å². The Morgan fingerprint density at radius 3 is 3.05 bits per heavy atom. The SMILES string of the molecule is CC1(C)C(O)CC1NCc1cn[nH]c1-c1cccs1. The number of nitrogens with one attached hydrogen (secondary N) is 2. The van der Waals surface area contributed by atoms with Crippen LogP contribution in [0.4, 0.5) is 0 Å². The maximum atomic E-state index is 9.75. The Hall–Kier alpha value is -1.17. The number of thiophene rings is 1. The molecule has 3 rings (SSSR count). The first-order chi connectivity index (χ1) is 9.09. The Morgan fingerprint density at radius 1 is 1.58 bits per heavy atom. The van der Waals surface area contributed by atoms with Crippen molar-refractivity contribution in [3.05, 3.63) is 29.3 Å². The van der Waals surface area contributed by atoms with Gasteiger partial charge in [-0.3, -0.25) is 5.10 Å². The van der Waals surface area contributed by atoms with Crippen LogP contribution in [0.15, 0.2) is 23.7 Å². The number of aliphatic hydroxyl groups is 1. The van der Waals surface area contributed by atoms with Gasteiger partial charge in [-0.25, -0.2) is 0 Å². The molecule has 0 aromatic carbocycles. The van der Waals surface area contributed by atoms with Gasteiger partial charge in [0.05, 0.1) is 22.9 Å². The van der Waals surface area contributed by atoms with Gasteiger partial charge in [0, 0.05) is 23.6 Å². The minimum atomic E-state index is -0.189. The van der Waals surface area contributed by atoms with E-state index in [1.54, 1.807) is 11.3 Å². The second-order valence-corrected chi connectivity index (χ2v) is 6.70. The lowest BCUT2D eigenvalue weighted by Crippen LogP contribution is -2.59. The van der Waals surface area contributed by atoms with Crippen molar-refractivity contribution in [3.8, 4) is 10.6 Å². The molecule has 0 saturated heterocycles. The first kappa shape index (κ1) is 12.8. The molecular weight excluding hydrogens is 258 g/mol. The molecule has 4 nitrogen and oxygen atoms in total. The topological polar surface area (TPSA) is 60.9 Å². The summed E-state index contributed by atoms with van der Waals surface area (Å²) in [4.78, 5) is 1.21. The largest absolute Gasteiger partial charge is 0.392 e. The predicted molar refractivity (Wildman–Crippen MR) is 76.9 cm³/mol. The number of aromatic nitrogens is 2. The summed E-state index contributed by atoms with van der Waals surface area (Å²) in [6.07, 6.45) is 2.52. The normalized spacial score (nSPS) is 25.2. The lowest BCUT2D eigenvalue weighted by Gasteiger charge is -2.49. The average Bonchev–Trinajstić information content (AvgIpc) is 3.04. The Balaban J connectivity index is 1.67. The van der Waals surface area contributed by atoms with Crippen LogP contribution >= 0.6 is 11.3 Å². The molecule has 2 aromatic heterocycles. The highest BCUT2D eigenvalue weighted by atomic mass is 32.1. The van der Waals surface area contributed by atoms with Crippen molar-refractivity contribution >= 4 is 11.3 Å². The van der Waals surface area contributed by atoms with Crippen molar-refractivity contribution in [2.75, 3.05) is 0 Å². The molecule has 2 atom stereocenters. The van der Waals surface area contributed by atoms with E-state index in [9.17, 15) is 5.11 Å². The Labute approximate surface area is 116 Å². The smallest absolute Gasteiger partial charge is 0.0794 e. The van der Waals surface area contributed by atoms with Gasteiger partial charge < -0.3 is 10.4 Å². The van der Waals surface area contributed by atoms with Gasteiger partial charge in [-0.15, -0.1) is 11.3 Å². The summed E-state index contributed by atoms with van der Waals surface area (Å²) in [5.74, 6) is 0. The highest BCUT2D eigenvalue weighted by Crippen LogP contribution is 2.40. The van der Waals surface area contributed by atoms with Crippen LogP contribution in [-0.2, 0) is 6.54 Å². The zero-order chi connectivity index (χ0) is 13.5. The summed E-state index contributed by atoms with van der Waals surface area (Å²) >= 11 is 1.71. The number of rotatable bonds is 4. The maximum Gasteiger partial charge on any atom is 0.0794 e. The van der Waals surface area contributed by atoms with Crippen molar-refractivity contribution in [1.29, 1.82) is 0 Å². The summed E-state index contributed by atoms with van der Waals surface area (Å²) in [5.41, 5.74) is 2.24. The molecular formula is C14H19N3OS. The Kier molecular flexibility index (Phi) is 3.20. The minimum Gasteiger partial charge on any atom is -0.392 e. The van der Waals surface area contributed by atoms with E-state index in [-0.39, 0.29) is 11.5 Å². The zero-order valence-electron chi connectivity index (χ0n) is 11.2. The fourth-order valence-corrected chi connectivity index (χ4v) is 3.32. The van der Waals surface area contributed by atoms with Crippen molar-refractivity contribution in [3.63, 3.8) is 0 Å². The van der Waals surface area contributed by atoms with Crippen LogP contribution in [0.1, 0.15) is 25.8 Å². The number of hydrogen-bond acceptors (Lipinski definition) is 4. The van der Waals surface area contributed by atoms with Crippen LogP contribution in [0.2, 0.25) is 0 Å². The number of aromatic amines is 1. The summed E-state index contributed by atoms with van der Waals surface area (Å²) in [6.45, 7) is 4.99. The van der Waals surface area contributed by atoms with E-state index in [0.717, 1.165) is 18.7 Å². The van der Waals surface area contributed by atoms with Crippen LogP contribution in [0.3, 0.4) is 0 Å². The molecule has 2 heterocycles. The van der Waals surface area contributed by atoms with Gasteiger partial charge in [0.2, 0.25) is 0 Å². The molecule has 2 aromatic rings. The average molecular weight is 277 g/mol. The van der Waals surface area contributed by atoms with Crippen molar-refractivity contribution < 1.29 is 5.11 Å². The molecule has 1 fully saturated rings. The molecule has 0 spiro atoms. The number of aliphatic hydroxyl groups excluding tert-OH is 1. The van der Waals surface area contributed by atoms with Crippen molar-refractivity contribution in [1.82, 2.24) is 15.5 Å². The highest BCUT2D eigenvalue weighted by Gasteiger charge is 2.46. The summed E-state index contributed by atoms with van der Waals surface area (Å²) in [5, 5.41) is 22.6. The first-order valence-corrected chi connectivity index (χ1v) is 7.44. The maximum absolute atomic E-state index is 9.75. The third-order valence-electron chi connectivity index (χ3n) is 4.24. The van der Waals surface area contributed by atoms with Crippen LogP contribution < -0.4 is 5.32 Å². The van der Waals surface area contributed by atoms with E-state index in [1.807, 2.05) is 12.3 Å². The quantitative estimate of drug-likeness (QED) is 0.804. The molecule has 1 saturated carbocycles. The number of nitrogens with zero attached hydrogens (tertiary/aromatic N) is 1. The monoisotopic (exact) mass is 277 g/mol. The van der Waals surface area contributed by atoms with E-state index in [1.165, 1.54) is 10.4 Å². The predicted octanol–water partition coefficient (Wildman–Crippen LogP) is 2.39. The third-order valence-corrected chi connectivity index (χ3v) is 5.13. The molecule has 0 amide bonds. The lowest BCUT2D eigenvalue weighted by molar-refractivity contribution is -0.0729. The molecule has 1 aliphatic carbocycles. The van der Waals surface area contributed by atoms with Crippen molar-refractivity contribution in [2.24, 2.45) is 5.41 Å². The van der Waals surface area contributed by atoms with E-state index >= 15 is 0 Å². The Morgan fingerprint density at radius 2 is 2.42 bits per heavy atom. The highest BCUT2D eigenvalue weighted by molar-refractivity contribution is 7.13. The molecule has 0 aliphatic heterocycles. The van der Waals surface area contributed by atoms with E-state index in [4.69, 9.17) is 0 Å². The number of hydrogen-bond donors (Lipinski definition) is 3. The zero-order valence-corrected chi connectivity index (χ0v) is 12.0. The first-order valence-electron chi connectivity index (χ1n) is 6.56. The third kappa shape index (κ3) is 2.22. The molecule has 2 unspecified atom stereocenters. The minimum absolute atomic E-state index is 0.0349. The van der Waals surface area contributed by atoms with Gasteiger partial charge >= 0.3 is 0 Å². The van der Waals surface area contributed by atoms with E-state index < -0.39 is 0 Å². The van der Waals surface area contributed by atoms with Gasteiger partial charge in [0.1, 0.15) is 0 Å². The van der Waals surface area contributed by atoms with Crippen molar-refractivity contribution in [2.45, 2.75) is 39.0 Å². The summed E-state index contributed by atoms with van der Waals surface area (Å²) in [7, 11) is 0. The molecule has 5 heteroatoms.